The Kier molecular flexibility index (Phi) is 6.44. The first-order valence-electron chi connectivity index (χ1n) is 7.80. The van der Waals surface area contributed by atoms with Crippen molar-refractivity contribution in [2.24, 2.45) is 0 Å². The van der Waals surface area contributed by atoms with Gasteiger partial charge in [-0.2, -0.15) is 0 Å². The third-order valence-electron chi connectivity index (χ3n) is 3.80. The van der Waals surface area contributed by atoms with Crippen LogP contribution in [0.4, 0.5) is 0 Å². The Labute approximate surface area is 138 Å². The molecular weight excluding hydrogens is 290 g/mol. The van der Waals surface area contributed by atoms with E-state index in [0.29, 0.717) is 6.54 Å². The Morgan fingerprint density at radius 2 is 1.83 bits per heavy atom. The van der Waals surface area contributed by atoms with Crippen molar-refractivity contribution in [2.75, 3.05) is 27.3 Å². The standard InChI is InChI=1S/C19H25NO3/c1-14-5-4-6-16(11-14)17(21)13-20-10-9-15-7-8-18(22-2)19(12-15)23-3/h4-8,11-12,17,20-21H,9-10,13H2,1-3H3. The molecule has 1 unspecified atom stereocenters. The van der Waals surface area contributed by atoms with Crippen molar-refractivity contribution in [3.8, 4) is 11.5 Å². The van der Waals surface area contributed by atoms with Gasteiger partial charge in [0.2, 0.25) is 0 Å². The van der Waals surface area contributed by atoms with Gasteiger partial charge in [0.1, 0.15) is 0 Å². The van der Waals surface area contributed by atoms with Crippen molar-refractivity contribution in [3.63, 3.8) is 0 Å². The van der Waals surface area contributed by atoms with Gasteiger partial charge in [0.05, 0.1) is 20.3 Å². The van der Waals surface area contributed by atoms with E-state index in [1.165, 1.54) is 5.56 Å². The van der Waals surface area contributed by atoms with Crippen LogP contribution in [0, 0.1) is 6.92 Å². The maximum atomic E-state index is 10.2. The van der Waals surface area contributed by atoms with Gasteiger partial charge in [-0.3, -0.25) is 0 Å². The van der Waals surface area contributed by atoms with E-state index in [4.69, 9.17) is 9.47 Å². The summed E-state index contributed by atoms with van der Waals surface area (Å²) in [5.74, 6) is 1.48. The van der Waals surface area contributed by atoms with E-state index in [9.17, 15) is 5.11 Å². The summed E-state index contributed by atoms with van der Waals surface area (Å²) < 4.78 is 10.5. The summed E-state index contributed by atoms with van der Waals surface area (Å²) in [6.45, 7) is 3.36. The van der Waals surface area contributed by atoms with E-state index < -0.39 is 6.10 Å². The highest BCUT2D eigenvalue weighted by atomic mass is 16.5. The van der Waals surface area contributed by atoms with E-state index in [0.717, 1.165) is 35.6 Å². The molecule has 1 atom stereocenters. The monoisotopic (exact) mass is 315 g/mol. The highest BCUT2D eigenvalue weighted by molar-refractivity contribution is 5.42. The fourth-order valence-corrected chi connectivity index (χ4v) is 2.50. The lowest BCUT2D eigenvalue weighted by Gasteiger charge is -2.13. The molecule has 0 aliphatic heterocycles. The Hall–Kier alpha value is -2.04. The number of rotatable bonds is 8. The predicted octanol–water partition coefficient (Wildman–Crippen LogP) is 2.88. The summed E-state index contributed by atoms with van der Waals surface area (Å²) in [6.07, 6.45) is 0.376. The number of ether oxygens (including phenoxy) is 2. The van der Waals surface area contributed by atoms with Gasteiger partial charge < -0.3 is 19.9 Å². The number of hydrogen-bond donors (Lipinski definition) is 2. The Balaban J connectivity index is 1.81. The molecule has 2 rings (SSSR count). The molecule has 0 aliphatic carbocycles. The highest BCUT2D eigenvalue weighted by Crippen LogP contribution is 2.27. The van der Waals surface area contributed by atoms with Gasteiger partial charge in [0.15, 0.2) is 11.5 Å². The Morgan fingerprint density at radius 3 is 2.52 bits per heavy atom. The Bertz CT molecular complexity index is 628. The molecule has 0 fully saturated rings. The molecule has 4 heteroatoms. The van der Waals surface area contributed by atoms with Crippen LogP contribution in [-0.4, -0.2) is 32.4 Å². The van der Waals surface area contributed by atoms with Crippen LogP contribution in [0.25, 0.3) is 0 Å². The van der Waals surface area contributed by atoms with Crippen molar-refractivity contribution in [1.82, 2.24) is 5.32 Å². The smallest absolute Gasteiger partial charge is 0.160 e. The molecule has 124 valence electrons. The molecule has 0 saturated carbocycles. The van der Waals surface area contributed by atoms with E-state index in [1.54, 1.807) is 14.2 Å². The lowest BCUT2D eigenvalue weighted by molar-refractivity contribution is 0.175. The number of aliphatic hydroxyl groups excluding tert-OH is 1. The molecule has 0 aliphatic rings. The van der Waals surface area contributed by atoms with E-state index in [2.05, 4.69) is 5.32 Å². The molecule has 2 N–H and O–H groups in total. The number of nitrogens with one attached hydrogen (secondary N) is 1. The molecule has 0 saturated heterocycles. The first kappa shape index (κ1) is 17.3. The summed E-state index contributed by atoms with van der Waals surface area (Å²) >= 11 is 0. The minimum absolute atomic E-state index is 0.486. The zero-order chi connectivity index (χ0) is 16.7. The number of hydrogen-bond acceptors (Lipinski definition) is 4. The number of benzene rings is 2. The molecule has 0 heterocycles. The Morgan fingerprint density at radius 1 is 1.04 bits per heavy atom. The van der Waals surface area contributed by atoms with Gasteiger partial charge in [-0.15, -0.1) is 0 Å². The first-order chi connectivity index (χ1) is 11.1. The van der Waals surface area contributed by atoms with Crippen LogP contribution >= 0.6 is 0 Å². The van der Waals surface area contributed by atoms with Gasteiger partial charge in [-0.25, -0.2) is 0 Å². The van der Waals surface area contributed by atoms with Gasteiger partial charge in [-0.1, -0.05) is 35.9 Å². The predicted molar refractivity (Wildman–Crippen MR) is 92.3 cm³/mol. The second-order valence-electron chi connectivity index (χ2n) is 5.57. The van der Waals surface area contributed by atoms with Crippen molar-refractivity contribution in [2.45, 2.75) is 19.4 Å². The zero-order valence-corrected chi connectivity index (χ0v) is 14.0. The first-order valence-corrected chi connectivity index (χ1v) is 7.80. The van der Waals surface area contributed by atoms with Gasteiger partial charge in [0.25, 0.3) is 0 Å². The lowest BCUT2D eigenvalue weighted by Crippen LogP contribution is -2.23. The topological polar surface area (TPSA) is 50.7 Å². The minimum atomic E-state index is -0.486. The van der Waals surface area contributed by atoms with E-state index in [1.807, 2.05) is 49.4 Å². The molecule has 0 bridgehead atoms. The van der Waals surface area contributed by atoms with Crippen molar-refractivity contribution >= 4 is 0 Å². The normalized spacial score (nSPS) is 12.0. The number of methoxy groups -OCH3 is 2. The van der Waals surface area contributed by atoms with Crippen molar-refractivity contribution in [1.29, 1.82) is 0 Å². The fourth-order valence-electron chi connectivity index (χ4n) is 2.50. The molecule has 0 spiro atoms. The lowest BCUT2D eigenvalue weighted by atomic mass is 10.1. The largest absolute Gasteiger partial charge is 0.493 e. The highest BCUT2D eigenvalue weighted by Gasteiger charge is 2.07. The molecule has 0 radical (unpaired) electrons. The van der Waals surface area contributed by atoms with Gasteiger partial charge in [0, 0.05) is 6.54 Å². The second-order valence-corrected chi connectivity index (χ2v) is 5.57. The molecule has 0 aromatic heterocycles. The summed E-state index contributed by atoms with van der Waals surface area (Å²) in [4.78, 5) is 0. The minimum Gasteiger partial charge on any atom is -0.493 e. The maximum Gasteiger partial charge on any atom is 0.160 e. The van der Waals surface area contributed by atoms with Crippen molar-refractivity contribution < 1.29 is 14.6 Å². The summed E-state index contributed by atoms with van der Waals surface area (Å²) in [5, 5.41) is 13.5. The van der Waals surface area contributed by atoms with E-state index in [-0.39, 0.29) is 0 Å². The maximum absolute atomic E-state index is 10.2. The average molecular weight is 315 g/mol. The zero-order valence-electron chi connectivity index (χ0n) is 14.0. The van der Waals surface area contributed by atoms with Crippen LogP contribution in [-0.2, 0) is 6.42 Å². The summed E-state index contributed by atoms with van der Waals surface area (Å²) in [5.41, 5.74) is 3.27. The van der Waals surface area contributed by atoms with E-state index >= 15 is 0 Å². The second kappa shape index (κ2) is 8.56. The molecule has 4 nitrogen and oxygen atoms in total. The molecule has 2 aromatic carbocycles. The van der Waals surface area contributed by atoms with Crippen LogP contribution in [0.3, 0.4) is 0 Å². The SMILES string of the molecule is COc1ccc(CCNCC(O)c2cccc(C)c2)cc1OC. The quantitative estimate of drug-likeness (QED) is 0.736. The van der Waals surface area contributed by atoms with Crippen LogP contribution in [0.5, 0.6) is 11.5 Å². The van der Waals surface area contributed by atoms with Crippen LogP contribution in [0.15, 0.2) is 42.5 Å². The average Bonchev–Trinajstić information content (AvgIpc) is 2.58. The fraction of sp³-hybridized carbons (Fsp3) is 0.368. The molecular formula is C19H25NO3. The molecule has 23 heavy (non-hydrogen) atoms. The van der Waals surface area contributed by atoms with Gasteiger partial charge in [-0.05, 0) is 43.1 Å². The van der Waals surface area contributed by atoms with Crippen molar-refractivity contribution in [3.05, 3.63) is 59.2 Å². The number of aliphatic hydroxyl groups is 1. The van der Waals surface area contributed by atoms with Gasteiger partial charge >= 0.3 is 0 Å². The van der Waals surface area contributed by atoms with Crippen LogP contribution < -0.4 is 14.8 Å². The molecule has 2 aromatic rings. The molecule has 0 amide bonds. The summed E-state index contributed by atoms with van der Waals surface area (Å²) in [7, 11) is 3.27. The third-order valence-corrected chi connectivity index (χ3v) is 3.80. The van der Waals surface area contributed by atoms with Crippen LogP contribution in [0.1, 0.15) is 22.8 Å². The third kappa shape index (κ3) is 4.98. The summed E-state index contributed by atoms with van der Waals surface area (Å²) in [6, 6.07) is 13.9. The van der Waals surface area contributed by atoms with Crippen LogP contribution in [0.2, 0.25) is 0 Å². The number of aryl methyl sites for hydroxylation is 1.